The van der Waals surface area contributed by atoms with Crippen LogP contribution in [0.2, 0.25) is 0 Å². The van der Waals surface area contributed by atoms with Gasteiger partial charge in [-0.25, -0.2) is 4.79 Å². The molecule has 17 heavy (non-hydrogen) atoms. The lowest BCUT2D eigenvalue weighted by Gasteiger charge is -2.02. The molecule has 0 bridgehead atoms. The Morgan fingerprint density at radius 1 is 1.47 bits per heavy atom. The number of hydrogen-bond donors (Lipinski definition) is 0. The lowest BCUT2D eigenvalue weighted by Crippen LogP contribution is -2.05. The first kappa shape index (κ1) is 12.9. The first-order valence-corrected chi connectivity index (χ1v) is 5.15. The molecule has 0 saturated heterocycles. The smallest absolute Gasteiger partial charge is 0.333 e. The van der Waals surface area contributed by atoms with Gasteiger partial charge in [-0.05, 0) is 26.0 Å². The van der Waals surface area contributed by atoms with E-state index in [-0.39, 0.29) is 12.3 Å². The molecule has 0 unspecified atom stereocenters. The standard InChI is InChI=1S/C12H13NO4/c1-3-17-12(14)9(2)8-10-6-4-5-7-11(10)13(15)16/h4-8H,3H2,1-2H3/b9-8+. The lowest BCUT2D eigenvalue weighted by atomic mass is 10.1. The quantitative estimate of drug-likeness (QED) is 0.348. The monoisotopic (exact) mass is 235 g/mol. The second-order valence-corrected chi connectivity index (χ2v) is 3.36. The second kappa shape index (κ2) is 5.79. The Balaban J connectivity index is 3.05. The number of para-hydroxylation sites is 1. The summed E-state index contributed by atoms with van der Waals surface area (Å²) in [5, 5.41) is 10.8. The molecule has 0 atom stereocenters. The molecule has 0 aliphatic heterocycles. The number of ether oxygens (including phenoxy) is 1. The molecule has 0 heterocycles. The Morgan fingerprint density at radius 3 is 2.71 bits per heavy atom. The van der Waals surface area contributed by atoms with Crippen LogP contribution >= 0.6 is 0 Å². The van der Waals surface area contributed by atoms with E-state index in [1.807, 2.05) is 0 Å². The number of nitro benzene ring substituents is 1. The van der Waals surface area contributed by atoms with E-state index in [2.05, 4.69) is 0 Å². The van der Waals surface area contributed by atoms with Crippen LogP contribution in [0.3, 0.4) is 0 Å². The summed E-state index contributed by atoms with van der Waals surface area (Å²) in [4.78, 5) is 21.6. The number of hydrogen-bond acceptors (Lipinski definition) is 4. The minimum Gasteiger partial charge on any atom is -0.463 e. The predicted molar refractivity (Wildman–Crippen MR) is 63.4 cm³/mol. The van der Waals surface area contributed by atoms with Gasteiger partial charge in [0.25, 0.3) is 5.69 Å². The zero-order chi connectivity index (χ0) is 12.8. The van der Waals surface area contributed by atoms with Crippen LogP contribution in [0.1, 0.15) is 19.4 Å². The van der Waals surface area contributed by atoms with Gasteiger partial charge in [-0.2, -0.15) is 0 Å². The number of nitro groups is 1. The van der Waals surface area contributed by atoms with E-state index in [1.54, 1.807) is 32.0 Å². The van der Waals surface area contributed by atoms with E-state index < -0.39 is 10.9 Å². The summed E-state index contributed by atoms with van der Waals surface area (Å²) in [5.74, 6) is -0.467. The zero-order valence-electron chi connectivity index (χ0n) is 9.67. The summed E-state index contributed by atoms with van der Waals surface area (Å²) in [7, 11) is 0. The summed E-state index contributed by atoms with van der Waals surface area (Å²) in [5.41, 5.74) is 0.695. The van der Waals surface area contributed by atoms with Crippen molar-refractivity contribution in [2.75, 3.05) is 6.61 Å². The van der Waals surface area contributed by atoms with Gasteiger partial charge in [-0.3, -0.25) is 10.1 Å². The van der Waals surface area contributed by atoms with Crippen LogP contribution in [-0.2, 0) is 9.53 Å². The molecular weight excluding hydrogens is 222 g/mol. The van der Waals surface area contributed by atoms with Crippen LogP contribution < -0.4 is 0 Å². The molecule has 0 amide bonds. The first-order chi connectivity index (χ1) is 8.06. The predicted octanol–water partition coefficient (Wildman–Crippen LogP) is 2.56. The van der Waals surface area contributed by atoms with Crippen molar-refractivity contribution >= 4 is 17.7 Å². The topological polar surface area (TPSA) is 69.4 Å². The Labute approximate surface area is 98.9 Å². The van der Waals surface area contributed by atoms with Gasteiger partial charge in [0.1, 0.15) is 0 Å². The van der Waals surface area contributed by atoms with Gasteiger partial charge >= 0.3 is 5.97 Å². The van der Waals surface area contributed by atoms with Gasteiger partial charge in [0.2, 0.25) is 0 Å². The number of carbonyl (C=O) groups excluding carboxylic acids is 1. The summed E-state index contributed by atoms with van der Waals surface area (Å²) in [6.45, 7) is 3.55. The summed E-state index contributed by atoms with van der Waals surface area (Å²) in [6, 6.07) is 6.23. The minimum atomic E-state index is -0.482. The second-order valence-electron chi connectivity index (χ2n) is 3.36. The SMILES string of the molecule is CCOC(=O)/C(C)=C/c1ccccc1[N+](=O)[O-]. The highest BCUT2D eigenvalue weighted by atomic mass is 16.6. The molecule has 0 aromatic heterocycles. The molecule has 0 fully saturated rings. The fourth-order valence-electron chi connectivity index (χ4n) is 1.31. The number of esters is 1. The molecule has 1 aromatic rings. The molecule has 0 aliphatic carbocycles. The summed E-state index contributed by atoms with van der Waals surface area (Å²) in [6.07, 6.45) is 1.45. The molecule has 1 rings (SSSR count). The molecule has 1 aromatic carbocycles. The Morgan fingerprint density at radius 2 is 2.12 bits per heavy atom. The molecule has 0 spiro atoms. The maximum atomic E-state index is 11.4. The summed E-state index contributed by atoms with van der Waals surface area (Å²) >= 11 is 0. The van der Waals surface area contributed by atoms with Crippen LogP contribution in [0, 0.1) is 10.1 Å². The first-order valence-electron chi connectivity index (χ1n) is 5.15. The van der Waals surface area contributed by atoms with E-state index >= 15 is 0 Å². The molecule has 0 N–H and O–H groups in total. The largest absolute Gasteiger partial charge is 0.463 e. The van der Waals surface area contributed by atoms with Crippen LogP contribution in [-0.4, -0.2) is 17.5 Å². The van der Waals surface area contributed by atoms with Gasteiger partial charge in [0, 0.05) is 11.6 Å². The third-order valence-corrected chi connectivity index (χ3v) is 2.10. The van der Waals surface area contributed by atoms with E-state index in [0.29, 0.717) is 11.1 Å². The Kier molecular flexibility index (Phi) is 4.39. The third kappa shape index (κ3) is 3.41. The van der Waals surface area contributed by atoms with Gasteiger partial charge < -0.3 is 4.74 Å². The Bertz CT molecular complexity index is 465. The minimum absolute atomic E-state index is 0.0313. The van der Waals surface area contributed by atoms with Crippen molar-refractivity contribution in [1.29, 1.82) is 0 Å². The van der Waals surface area contributed by atoms with Gasteiger partial charge in [-0.15, -0.1) is 0 Å². The number of benzene rings is 1. The maximum absolute atomic E-state index is 11.4. The molecule has 0 saturated carbocycles. The third-order valence-electron chi connectivity index (χ3n) is 2.10. The van der Waals surface area contributed by atoms with Crippen molar-refractivity contribution < 1.29 is 14.5 Å². The Hall–Kier alpha value is -2.17. The zero-order valence-corrected chi connectivity index (χ0v) is 9.67. The molecular formula is C12H13NO4. The molecule has 0 radical (unpaired) electrons. The van der Waals surface area contributed by atoms with Crippen molar-refractivity contribution in [3.63, 3.8) is 0 Å². The van der Waals surface area contributed by atoms with Gasteiger partial charge in [0.05, 0.1) is 17.1 Å². The maximum Gasteiger partial charge on any atom is 0.333 e. The average molecular weight is 235 g/mol. The molecule has 5 nitrogen and oxygen atoms in total. The van der Waals surface area contributed by atoms with Crippen LogP contribution in [0.5, 0.6) is 0 Å². The molecule has 0 aliphatic rings. The normalized spacial score (nSPS) is 11.1. The van der Waals surface area contributed by atoms with Crippen molar-refractivity contribution in [3.05, 3.63) is 45.5 Å². The van der Waals surface area contributed by atoms with Crippen molar-refractivity contribution in [1.82, 2.24) is 0 Å². The van der Waals surface area contributed by atoms with Crippen LogP contribution in [0.25, 0.3) is 6.08 Å². The lowest BCUT2D eigenvalue weighted by molar-refractivity contribution is -0.385. The van der Waals surface area contributed by atoms with Crippen molar-refractivity contribution in [2.45, 2.75) is 13.8 Å². The highest BCUT2D eigenvalue weighted by Gasteiger charge is 2.12. The van der Waals surface area contributed by atoms with E-state index in [0.717, 1.165) is 0 Å². The highest BCUT2D eigenvalue weighted by Crippen LogP contribution is 2.20. The average Bonchev–Trinajstić information content (AvgIpc) is 2.29. The van der Waals surface area contributed by atoms with Crippen LogP contribution in [0.15, 0.2) is 29.8 Å². The van der Waals surface area contributed by atoms with E-state index in [1.165, 1.54) is 12.1 Å². The van der Waals surface area contributed by atoms with E-state index in [4.69, 9.17) is 4.74 Å². The number of carbonyl (C=O) groups is 1. The van der Waals surface area contributed by atoms with Crippen molar-refractivity contribution in [3.8, 4) is 0 Å². The number of rotatable bonds is 4. The molecule has 5 heteroatoms. The van der Waals surface area contributed by atoms with Gasteiger partial charge in [-0.1, -0.05) is 12.1 Å². The van der Waals surface area contributed by atoms with E-state index in [9.17, 15) is 14.9 Å². The fraction of sp³-hybridized carbons (Fsp3) is 0.250. The summed E-state index contributed by atoms with van der Waals surface area (Å²) < 4.78 is 4.80. The molecule has 90 valence electrons. The van der Waals surface area contributed by atoms with Gasteiger partial charge in [0.15, 0.2) is 0 Å². The van der Waals surface area contributed by atoms with Crippen LogP contribution in [0.4, 0.5) is 5.69 Å². The fourth-order valence-corrected chi connectivity index (χ4v) is 1.31. The van der Waals surface area contributed by atoms with Crippen molar-refractivity contribution in [2.24, 2.45) is 0 Å². The number of nitrogens with zero attached hydrogens (tertiary/aromatic N) is 1. The highest BCUT2D eigenvalue weighted by molar-refractivity contribution is 5.93.